The van der Waals surface area contributed by atoms with Crippen molar-refractivity contribution in [1.82, 2.24) is 5.43 Å². The van der Waals surface area contributed by atoms with Gasteiger partial charge in [-0.15, -0.1) is 0 Å². The summed E-state index contributed by atoms with van der Waals surface area (Å²) in [6, 6.07) is 16.8. The van der Waals surface area contributed by atoms with Crippen LogP contribution >= 0.6 is 23.2 Å². The van der Waals surface area contributed by atoms with E-state index in [1.54, 1.807) is 60.7 Å². The molecule has 34 heavy (non-hydrogen) atoms. The Hall–Kier alpha value is -3.75. The highest BCUT2D eigenvalue weighted by Crippen LogP contribution is 2.29. The Balaban J connectivity index is 1.56. The molecular weight excluding hydrogens is 481 g/mol. The average Bonchev–Trinajstić information content (AvgIpc) is 2.84. The highest BCUT2D eigenvalue weighted by molar-refractivity contribution is 6.39. The van der Waals surface area contributed by atoms with Crippen molar-refractivity contribution in [2.24, 2.45) is 5.10 Å². The van der Waals surface area contributed by atoms with Crippen LogP contribution in [0.5, 0.6) is 17.2 Å². The van der Waals surface area contributed by atoms with E-state index in [1.165, 1.54) is 20.4 Å². The molecule has 0 aliphatic rings. The summed E-state index contributed by atoms with van der Waals surface area (Å²) in [5, 5.41) is 7.33. The molecule has 0 radical (unpaired) electrons. The monoisotopic (exact) mass is 501 g/mol. The van der Waals surface area contributed by atoms with Crippen LogP contribution in [0.3, 0.4) is 0 Å². The van der Waals surface area contributed by atoms with Crippen molar-refractivity contribution < 1.29 is 23.8 Å². The van der Waals surface area contributed by atoms with Gasteiger partial charge in [-0.2, -0.15) is 5.10 Å². The van der Waals surface area contributed by atoms with Gasteiger partial charge in [0.1, 0.15) is 12.4 Å². The van der Waals surface area contributed by atoms with Gasteiger partial charge in [-0.1, -0.05) is 29.3 Å². The standard InChI is InChI=1S/C24H21Cl2N3O5/c1-32-19-8-6-18(7-9-19)28-23(30)24(31)29-27-13-15-3-10-21(22(11-15)33-2)34-14-16-4-5-17(25)12-20(16)26/h3-13H,14H2,1-2H3,(H,28,30)(H,29,31)/b27-13-. The largest absolute Gasteiger partial charge is 0.497 e. The first-order valence-electron chi connectivity index (χ1n) is 9.93. The lowest BCUT2D eigenvalue weighted by atomic mass is 10.2. The van der Waals surface area contributed by atoms with Crippen molar-refractivity contribution >= 4 is 46.9 Å². The van der Waals surface area contributed by atoms with Crippen LogP contribution in [0, 0.1) is 0 Å². The number of amides is 2. The van der Waals surface area contributed by atoms with E-state index in [0.717, 1.165) is 5.56 Å². The summed E-state index contributed by atoms with van der Waals surface area (Å²) in [5.74, 6) is -0.192. The molecule has 0 aliphatic heterocycles. The third-order valence-corrected chi connectivity index (χ3v) is 5.11. The molecule has 10 heteroatoms. The van der Waals surface area contributed by atoms with Crippen molar-refractivity contribution in [2.75, 3.05) is 19.5 Å². The van der Waals surface area contributed by atoms with Crippen LogP contribution in [-0.2, 0) is 16.2 Å². The molecule has 0 saturated carbocycles. The van der Waals surface area contributed by atoms with E-state index in [9.17, 15) is 9.59 Å². The minimum absolute atomic E-state index is 0.221. The Morgan fingerprint density at radius 2 is 1.68 bits per heavy atom. The molecule has 0 aromatic heterocycles. The predicted molar refractivity (Wildman–Crippen MR) is 131 cm³/mol. The number of rotatable bonds is 8. The van der Waals surface area contributed by atoms with E-state index in [1.807, 2.05) is 0 Å². The first kappa shape index (κ1) is 24.9. The molecule has 176 valence electrons. The van der Waals surface area contributed by atoms with Gasteiger partial charge in [-0.3, -0.25) is 9.59 Å². The first-order valence-corrected chi connectivity index (χ1v) is 10.7. The molecule has 2 amide bonds. The zero-order valence-corrected chi connectivity index (χ0v) is 19.8. The SMILES string of the molecule is COc1ccc(NC(=O)C(=O)N/N=C\c2ccc(OCc3ccc(Cl)cc3Cl)c(OC)c2)cc1. The molecular formula is C24H21Cl2N3O5. The highest BCUT2D eigenvalue weighted by atomic mass is 35.5. The molecule has 0 aliphatic carbocycles. The highest BCUT2D eigenvalue weighted by Gasteiger charge is 2.13. The number of hydrogen-bond acceptors (Lipinski definition) is 6. The van der Waals surface area contributed by atoms with E-state index in [-0.39, 0.29) is 6.61 Å². The van der Waals surface area contributed by atoms with Gasteiger partial charge in [0.15, 0.2) is 11.5 Å². The number of benzene rings is 3. The summed E-state index contributed by atoms with van der Waals surface area (Å²) in [5.41, 5.74) is 4.02. The van der Waals surface area contributed by atoms with Crippen LogP contribution < -0.4 is 25.0 Å². The molecule has 0 spiro atoms. The molecule has 8 nitrogen and oxygen atoms in total. The smallest absolute Gasteiger partial charge is 0.329 e. The fraction of sp³-hybridized carbons (Fsp3) is 0.125. The number of carbonyl (C=O) groups is 2. The summed E-state index contributed by atoms with van der Waals surface area (Å²) in [6.45, 7) is 0.221. The Bertz CT molecular complexity index is 1200. The van der Waals surface area contributed by atoms with Gasteiger partial charge in [0.25, 0.3) is 0 Å². The van der Waals surface area contributed by atoms with E-state index in [4.69, 9.17) is 37.4 Å². The van der Waals surface area contributed by atoms with E-state index in [0.29, 0.717) is 38.5 Å². The second-order valence-corrected chi connectivity index (χ2v) is 7.66. The number of anilines is 1. The number of methoxy groups -OCH3 is 2. The maximum absolute atomic E-state index is 12.0. The van der Waals surface area contributed by atoms with Gasteiger partial charge in [0, 0.05) is 21.3 Å². The van der Waals surface area contributed by atoms with Crippen LogP contribution in [0.4, 0.5) is 5.69 Å². The lowest BCUT2D eigenvalue weighted by Crippen LogP contribution is -2.32. The maximum atomic E-state index is 12.0. The van der Waals surface area contributed by atoms with Crippen molar-refractivity contribution in [1.29, 1.82) is 0 Å². The minimum atomic E-state index is -0.918. The Kier molecular flexibility index (Phi) is 8.73. The molecule has 0 atom stereocenters. The Morgan fingerprint density at radius 3 is 2.35 bits per heavy atom. The lowest BCUT2D eigenvalue weighted by molar-refractivity contribution is -0.136. The molecule has 3 rings (SSSR count). The second-order valence-electron chi connectivity index (χ2n) is 6.82. The van der Waals surface area contributed by atoms with Crippen LogP contribution in [0.25, 0.3) is 0 Å². The fourth-order valence-electron chi connectivity index (χ4n) is 2.76. The minimum Gasteiger partial charge on any atom is -0.497 e. The lowest BCUT2D eigenvalue weighted by Gasteiger charge is -2.12. The van der Waals surface area contributed by atoms with E-state index >= 15 is 0 Å². The number of ether oxygens (including phenoxy) is 3. The quantitative estimate of drug-likeness (QED) is 0.265. The number of halogens is 2. The van der Waals surface area contributed by atoms with Crippen molar-refractivity contribution in [2.45, 2.75) is 6.61 Å². The van der Waals surface area contributed by atoms with Crippen LogP contribution in [0.2, 0.25) is 10.0 Å². The number of carbonyl (C=O) groups excluding carboxylic acids is 2. The topological polar surface area (TPSA) is 98.2 Å². The van der Waals surface area contributed by atoms with Gasteiger partial charge in [0.05, 0.1) is 20.4 Å². The van der Waals surface area contributed by atoms with Gasteiger partial charge in [-0.25, -0.2) is 5.43 Å². The normalized spacial score (nSPS) is 10.6. The first-order chi connectivity index (χ1) is 16.4. The number of nitrogens with one attached hydrogen (secondary N) is 2. The average molecular weight is 502 g/mol. The molecule has 0 fully saturated rings. The van der Waals surface area contributed by atoms with Crippen molar-refractivity contribution in [3.05, 3.63) is 81.8 Å². The van der Waals surface area contributed by atoms with Crippen molar-refractivity contribution in [3.8, 4) is 17.2 Å². The van der Waals surface area contributed by atoms with Crippen molar-refractivity contribution in [3.63, 3.8) is 0 Å². The summed E-state index contributed by atoms with van der Waals surface area (Å²) in [4.78, 5) is 24.0. The Labute approximate surface area is 206 Å². The maximum Gasteiger partial charge on any atom is 0.329 e. The third kappa shape index (κ3) is 6.87. The fourth-order valence-corrected chi connectivity index (χ4v) is 3.22. The van der Waals surface area contributed by atoms with Gasteiger partial charge in [0.2, 0.25) is 0 Å². The molecule has 3 aromatic carbocycles. The van der Waals surface area contributed by atoms with Crippen LogP contribution in [0.15, 0.2) is 65.8 Å². The summed E-state index contributed by atoms with van der Waals surface area (Å²) in [7, 11) is 3.04. The molecule has 2 N–H and O–H groups in total. The van der Waals surface area contributed by atoms with E-state index in [2.05, 4.69) is 15.8 Å². The molecule has 0 unspecified atom stereocenters. The van der Waals surface area contributed by atoms with Gasteiger partial charge in [-0.05, 0) is 60.2 Å². The second kappa shape index (κ2) is 11.9. The van der Waals surface area contributed by atoms with Crippen LogP contribution in [0.1, 0.15) is 11.1 Å². The van der Waals surface area contributed by atoms with E-state index < -0.39 is 11.8 Å². The Morgan fingerprint density at radius 1 is 0.912 bits per heavy atom. The molecule has 0 heterocycles. The number of hydrazone groups is 1. The molecule has 0 bridgehead atoms. The zero-order valence-electron chi connectivity index (χ0n) is 18.3. The zero-order chi connectivity index (χ0) is 24.5. The van der Waals surface area contributed by atoms with Crippen LogP contribution in [-0.4, -0.2) is 32.2 Å². The number of hydrogen-bond donors (Lipinski definition) is 2. The number of nitrogens with zero attached hydrogens (tertiary/aromatic N) is 1. The summed E-state index contributed by atoms with van der Waals surface area (Å²) >= 11 is 12.1. The predicted octanol–water partition coefficient (Wildman–Crippen LogP) is 4.68. The summed E-state index contributed by atoms with van der Waals surface area (Å²) in [6.07, 6.45) is 1.38. The molecule has 3 aromatic rings. The molecule has 0 saturated heterocycles. The third-order valence-electron chi connectivity index (χ3n) is 4.52. The van der Waals surface area contributed by atoms with Gasteiger partial charge < -0.3 is 19.5 Å². The van der Waals surface area contributed by atoms with Gasteiger partial charge >= 0.3 is 11.8 Å². The summed E-state index contributed by atoms with van der Waals surface area (Å²) < 4.78 is 16.2.